The van der Waals surface area contributed by atoms with Crippen molar-refractivity contribution >= 4 is 27.5 Å². The summed E-state index contributed by atoms with van der Waals surface area (Å²) in [7, 11) is 0. The lowest BCUT2D eigenvalue weighted by Gasteiger charge is -2.21. The molecular formula is C14H19BrClNO. The fourth-order valence-corrected chi connectivity index (χ4v) is 3.21. The van der Waals surface area contributed by atoms with Crippen molar-refractivity contribution in [3.8, 4) is 0 Å². The number of ether oxygens (including phenoxy) is 1. The molecule has 100 valence electrons. The topological polar surface area (TPSA) is 21.3 Å². The van der Waals surface area contributed by atoms with Crippen LogP contribution in [0.4, 0.5) is 0 Å². The average molecular weight is 333 g/mol. The molecule has 0 aliphatic carbocycles. The third-order valence-corrected chi connectivity index (χ3v) is 4.19. The minimum absolute atomic E-state index is 0.169. The van der Waals surface area contributed by atoms with Crippen LogP contribution in [0.1, 0.15) is 31.9 Å². The van der Waals surface area contributed by atoms with E-state index in [0.717, 1.165) is 29.1 Å². The lowest BCUT2D eigenvalue weighted by atomic mass is 9.95. The van der Waals surface area contributed by atoms with Gasteiger partial charge in [-0.25, -0.2) is 0 Å². The predicted octanol–water partition coefficient (Wildman–Crippen LogP) is 4.18. The second kappa shape index (κ2) is 6.38. The van der Waals surface area contributed by atoms with Crippen molar-refractivity contribution < 1.29 is 4.74 Å². The van der Waals surface area contributed by atoms with Crippen LogP contribution in [-0.2, 0) is 4.74 Å². The zero-order valence-corrected chi connectivity index (χ0v) is 13.1. The first-order valence-corrected chi connectivity index (χ1v) is 7.55. The van der Waals surface area contributed by atoms with Crippen LogP contribution in [0.2, 0.25) is 5.02 Å². The number of halogens is 2. The van der Waals surface area contributed by atoms with Crippen LogP contribution in [0, 0.1) is 5.92 Å². The quantitative estimate of drug-likeness (QED) is 0.893. The second-order valence-electron chi connectivity index (χ2n) is 5.07. The second-order valence-corrected chi connectivity index (χ2v) is 6.36. The molecule has 2 unspecified atom stereocenters. The van der Waals surface area contributed by atoms with Gasteiger partial charge >= 0.3 is 0 Å². The highest BCUT2D eigenvalue weighted by atomic mass is 79.9. The summed E-state index contributed by atoms with van der Waals surface area (Å²) in [6.07, 6.45) is 1.28. The smallest absolute Gasteiger partial charge is 0.0876 e. The van der Waals surface area contributed by atoms with E-state index in [2.05, 4.69) is 41.2 Å². The van der Waals surface area contributed by atoms with Crippen molar-refractivity contribution in [3.05, 3.63) is 33.3 Å². The Morgan fingerprint density at radius 2 is 2.28 bits per heavy atom. The van der Waals surface area contributed by atoms with E-state index in [0.29, 0.717) is 12.0 Å². The molecule has 4 heteroatoms. The summed E-state index contributed by atoms with van der Waals surface area (Å²) in [6.45, 7) is 6.17. The maximum atomic E-state index is 5.98. The normalized spacial score (nSPS) is 23.8. The minimum atomic E-state index is 0.169. The summed E-state index contributed by atoms with van der Waals surface area (Å²) in [5, 5.41) is 4.25. The highest BCUT2D eigenvalue weighted by Gasteiger charge is 2.30. The van der Waals surface area contributed by atoms with Gasteiger partial charge in [-0.15, -0.1) is 0 Å². The van der Waals surface area contributed by atoms with Gasteiger partial charge in [-0.1, -0.05) is 47.4 Å². The summed E-state index contributed by atoms with van der Waals surface area (Å²) in [5.41, 5.74) is 1.20. The number of nitrogens with one attached hydrogen (secondary N) is 1. The lowest BCUT2D eigenvalue weighted by Crippen LogP contribution is -2.30. The SMILES string of the molecule is CC(C)NCC1CCOC1c1ccc(Cl)cc1Br. The summed E-state index contributed by atoms with van der Waals surface area (Å²) in [6, 6.07) is 6.44. The molecule has 1 aliphatic rings. The molecule has 1 aromatic carbocycles. The molecule has 0 spiro atoms. The molecule has 2 rings (SSSR count). The summed E-state index contributed by atoms with van der Waals surface area (Å²) < 4.78 is 6.93. The van der Waals surface area contributed by atoms with Gasteiger partial charge in [-0.2, -0.15) is 0 Å². The summed E-state index contributed by atoms with van der Waals surface area (Å²) >= 11 is 9.56. The maximum absolute atomic E-state index is 5.98. The van der Waals surface area contributed by atoms with E-state index < -0.39 is 0 Å². The first-order valence-electron chi connectivity index (χ1n) is 6.38. The van der Waals surface area contributed by atoms with Crippen LogP contribution in [0.25, 0.3) is 0 Å². The summed E-state index contributed by atoms with van der Waals surface area (Å²) in [4.78, 5) is 0. The van der Waals surface area contributed by atoms with Crippen LogP contribution >= 0.6 is 27.5 Å². The average Bonchev–Trinajstić information content (AvgIpc) is 2.74. The highest BCUT2D eigenvalue weighted by Crippen LogP contribution is 2.38. The molecule has 0 saturated carbocycles. The monoisotopic (exact) mass is 331 g/mol. The Morgan fingerprint density at radius 3 is 2.94 bits per heavy atom. The van der Waals surface area contributed by atoms with Gasteiger partial charge in [-0.05, 0) is 24.1 Å². The van der Waals surface area contributed by atoms with E-state index in [1.807, 2.05) is 12.1 Å². The van der Waals surface area contributed by atoms with Crippen molar-refractivity contribution in [2.75, 3.05) is 13.2 Å². The van der Waals surface area contributed by atoms with E-state index in [9.17, 15) is 0 Å². The van der Waals surface area contributed by atoms with Crippen molar-refractivity contribution in [3.63, 3.8) is 0 Å². The third-order valence-electron chi connectivity index (χ3n) is 3.27. The van der Waals surface area contributed by atoms with E-state index in [1.165, 1.54) is 5.56 Å². The molecule has 1 aromatic rings. The van der Waals surface area contributed by atoms with Gasteiger partial charge in [-0.3, -0.25) is 0 Å². The molecule has 2 atom stereocenters. The van der Waals surface area contributed by atoms with Gasteiger partial charge in [0.2, 0.25) is 0 Å². The molecule has 0 aromatic heterocycles. The first kappa shape index (κ1) is 14.3. The fraction of sp³-hybridized carbons (Fsp3) is 0.571. The Labute approximate surface area is 122 Å². The first-order chi connectivity index (χ1) is 8.58. The molecule has 1 heterocycles. The minimum Gasteiger partial charge on any atom is -0.373 e. The molecular weight excluding hydrogens is 314 g/mol. The van der Waals surface area contributed by atoms with Gasteiger partial charge in [0.25, 0.3) is 0 Å². The number of hydrogen-bond acceptors (Lipinski definition) is 2. The van der Waals surface area contributed by atoms with Gasteiger partial charge in [0.1, 0.15) is 0 Å². The standard InChI is InChI=1S/C14H19BrClNO/c1-9(2)17-8-10-5-6-18-14(10)12-4-3-11(16)7-13(12)15/h3-4,7,9-10,14,17H,5-6,8H2,1-2H3. The molecule has 0 bridgehead atoms. The Hall–Kier alpha value is -0.0900. The molecule has 1 aliphatic heterocycles. The van der Waals surface area contributed by atoms with Crippen LogP contribution in [0.3, 0.4) is 0 Å². The Morgan fingerprint density at radius 1 is 1.50 bits per heavy atom. The third kappa shape index (κ3) is 3.47. The molecule has 0 amide bonds. The Balaban J connectivity index is 2.10. The molecule has 1 saturated heterocycles. The van der Waals surface area contributed by atoms with Gasteiger partial charge in [0.05, 0.1) is 6.10 Å². The number of hydrogen-bond donors (Lipinski definition) is 1. The van der Waals surface area contributed by atoms with Gasteiger partial charge < -0.3 is 10.1 Å². The van der Waals surface area contributed by atoms with Crippen molar-refractivity contribution in [2.45, 2.75) is 32.4 Å². The Bertz CT molecular complexity index is 411. The Kier molecular flexibility index (Phi) is 5.07. The maximum Gasteiger partial charge on any atom is 0.0876 e. The van der Waals surface area contributed by atoms with Gasteiger partial charge in [0, 0.05) is 34.6 Å². The largest absolute Gasteiger partial charge is 0.373 e. The molecule has 18 heavy (non-hydrogen) atoms. The van der Waals surface area contributed by atoms with Crippen LogP contribution < -0.4 is 5.32 Å². The van der Waals surface area contributed by atoms with Crippen LogP contribution in [0.15, 0.2) is 22.7 Å². The highest BCUT2D eigenvalue weighted by molar-refractivity contribution is 9.10. The molecule has 0 radical (unpaired) electrons. The van der Waals surface area contributed by atoms with Gasteiger partial charge in [0.15, 0.2) is 0 Å². The predicted molar refractivity (Wildman–Crippen MR) is 79.1 cm³/mol. The zero-order valence-electron chi connectivity index (χ0n) is 10.7. The van der Waals surface area contributed by atoms with Crippen LogP contribution in [-0.4, -0.2) is 19.2 Å². The number of benzene rings is 1. The zero-order chi connectivity index (χ0) is 13.1. The van der Waals surface area contributed by atoms with E-state index in [4.69, 9.17) is 16.3 Å². The van der Waals surface area contributed by atoms with Crippen molar-refractivity contribution in [1.29, 1.82) is 0 Å². The molecule has 2 nitrogen and oxygen atoms in total. The number of rotatable bonds is 4. The summed E-state index contributed by atoms with van der Waals surface area (Å²) in [5.74, 6) is 0.532. The van der Waals surface area contributed by atoms with Crippen molar-refractivity contribution in [1.82, 2.24) is 5.32 Å². The fourth-order valence-electron chi connectivity index (χ4n) is 2.31. The van der Waals surface area contributed by atoms with E-state index in [-0.39, 0.29) is 6.10 Å². The van der Waals surface area contributed by atoms with Crippen molar-refractivity contribution in [2.24, 2.45) is 5.92 Å². The van der Waals surface area contributed by atoms with Crippen LogP contribution in [0.5, 0.6) is 0 Å². The molecule has 1 N–H and O–H groups in total. The van der Waals surface area contributed by atoms with E-state index >= 15 is 0 Å². The van der Waals surface area contributed by atoms with E-state index in [1.54, 1.807) is 0 Å². The lowest BCUT2D eigenvalue weighted by molar-refractivity contribution is 0.0895. The molecule has 1 fully saturated rings.